The smallest absolute Gasteiger partial charge is 0.0348 e. The predicted molar refractivity (Wildman–Crippen MR) is 65.2 cm³/mol. The average molecular weight is 200 g/mol. The first kappa shape index (κ1) is 9.99. The third kappa shape index (κ3) is 2.28. The molecule has 2 rings (SSSR count). The van der Waals surface area contributed by atoms with Gasteiger partial charge in [0, 0.05) is 11.2 Å². The minimum absolute atomic E-state index is 0.197. The van der Waals surface area contributed by atoms with Gasteiger partial charge in [0.25, 0.3) is 0 Å². The van der Waals surface area contributed by atoms with Gasteiger partial charge in [0.15, 0.2) is 0 Å². The third-order valence-electron chi connectivity index (χ3n) is 2.65. The van der Waals surface area contributed by atoms with Gasteiger partial charge in [-0.05, 0) is 36.6 Å². The highest BCUT2D eigenvalue weighted by molar-refractivity contribution is 5.76. The molecule has 0 saturated heterocycles. The maximum absolute atomic E-state index is 5.99. The molecule has 0 aliphatic heterocycles. The number of rotatable bonds is 1. The number of hydrogen-bond donors (Lipinski definition) is 2. The fraction of sp³-hybridized carbons (Fsp3) is 0.231. The lowest BCUT2D eigenvalue weighted by molar-refractivity contribution is 0.591. The van der Waals surface area contributed by atoms with Crippen LogP contribution in [-0.4, -0.2) is 5.54 Å². The van der Waals surface area contributed by atoms with Crippen molar-refractivity contribution in [1.82, 2.24) is 0 Å². The molecule has 0 bridgehead atoms. The van der Waals surface area contributed by atoms with Crippen molar-refractivity contribution in [3.63, 3.8) is 0 Å². The van der Waals surface area contributed by atoms with Crippen molar-refractivity contribution < 1.29 is 0 Å². The molecule has 1 aromatic rings. The number of anilines is 1. The summed E-state index contributed by atoms with van der Waals surface area (Å²) in [6.07, 6.45) is 7.18. The Morgan fingerprint density at radius 1 is 1.20 bits per heavy atom. The molecule has 4 N–H and O–H groups in total. The van der Waals surface area contributed by atoms with Crippen molar-refractivity contribution in [2.75, 3.05) is 5.73 Å². The summed E-state index contributed by atoms with van der Waals surface area (Å²) in [5.74, 6) is 0. The van der Waals surface area contributed by atoms with E-state index < -0.39 is 0 Å². The van der Waals surface area contributed by atoms with E-state index in [-0.39, 0.29) is 5.54 Å². The van der Waals surface area contributed by atoms with E-state index >= 15 is 0 Å². The lowest BCUT2D eigenvalue weighted by atomic mass is 9.89. The first-order valence-electron chi connectivity index (χ1n) is 5.11. The summed E-state index contributed by atoms with van der Waals surface area (Å²) in [5.41, 5.74) is 14.6. The van der Waals surface area contributed by atoms with E-state index in [9.17, 15) is 0 Å². The van der Waals surface area contributed by atoms with Crippen molar-refractivity contribution in [1.29, 1.82) is 0 Å². The Balaban J connectivity index is 2.24. The van der Waals surface area contributed by atoms with E-state index in [0.29, 0.717) is 0 Å². The molecule has 0 amide bonds. The van der Waals surface area contributed by atoms with Crippen molar-refractivity contribution >= 4 is 11.3 Å². The van der Waals surface area contributed by atoms with Crippen LogP contribution < -0.4 is 11.5 Å². The zero-order valence-corrected chi connectivity index (χ0v) is 8.90. The Bertz CT molecular complexity index is 411. The highest BCUT2D eigenvalue weighted by Gasteiger charge is 2.16. The van der Waals surface area contributed by atoms with Gasteiger partial charge in [0.1, 0.15) is 0 Å². The largest absolute Gasteiger partial charge is 0.399 e. The summed E-state index contributed by atoms with van der Waals surface area (Å²) >= 11 is 0. The molecule has 2 heteroatoms. The normalized spacial score (nSPS) is 25.1. The highest BCUT2D eigenvalue weighted by Crippen LogP contribution is 2.25. The summed E-state index contributed by atoms with van der Waals surface area (Å²) in [5, 5.41) is 0. The second-order valence-corrected chi connectivity index (χ2v) is 4.32. The Morgan fingerprint density at radius 3 is 2.40 bits per heavy atom. The van der Waals surface area contributed by atoms with Gasteiger partial charge in [-0.15, -0.1) is 0 Å². The van der Waals surface area contributed by atoms with Crippen LogP contribution in [0.25, 0.3) is 5.57 Å². The van der Waals surface area contributed by atoms with E-state index in [0.717, 1.165) is 12.1 Å². The van der Waals surface area contributed by atoms with Gasteiger partial charge in [0.2, 0.25) is 0 Å². The molecule has 0 spiro atoms. The first-order chi connectivity index (χ1) is 7.07. The minimum Gasteiger partial charge on any atom is -0.399 e. The quantitative estimate of drug-likeness (QED) is 0.683. The highest BCUT2D eigenvalue weighted by atomic mass is 14.7. The Labute approximate surface area is 90.3 Å². The van der Waals surface area contributed by atoms with E-state index in [2.05, 4.69) is 18.2 Å². The number of allylic oxidation sites excluding steroid dienone is 2. The van der Waals surface area contributed by atoms with Crippen LogP contribution in [0.4, 0.5) is 5.69 Å². The molecular formula is C13H16N2. The van der Waals surface area contributed by atoms with Gasteiger partial charge in [-0.25, -0.2) is 0 Å². The van der Waals surface area contributed by atoms with Gasteiger partial charge in [-0.3, -0.25) is 0 Å². The van der Waals surface area contributed by atoms with Crippen molar-refractivity contribution in [2.45, 2.75) is 18.9 Å². The molecular weight excluding hydrogens is 184 g/mol. The molecule has 78 valence electrons. The molecule has 0 aromatic heterocycles. The van der Waals surface area contributed by atoms with Gasteiger partial charge in [0.05, 0.1) is 0 Å². The average Bonchev–Trinajstić information content (AvgIpc) is 2.20. The maximum Gasteiger partial charge on any atom is 0.0348 e. The zero-order chi connectivity index (χ0) is 10.9. The van der Waals surface area contributed by atoms with Crippen LogP contribution in [0, 0.1) is 0 Å². The lowest BCUT2D eigenvalue weighted by Gasteiger charge is -2.22. The monoisotopic (exact) mass is 200 g/mol. The first-order valence-corrected chi connectivity index (χ1v) is 5.11. The topological polar surface area (TPSA) is 52.0 Å². The molecule has 0 fully saturated rings. The molecule has 15 heavy (non-hydrogen) atoms. The van der Waals surface area contributed by atoms with Gasteiger partial charge < -0.3 is 11.5 Å². The van der Waals surface area contributed by atoms with Crippen LogP contribution in [0.2, 0.25) is 0 Å². The standard InChI is InChI=1S/C13H16N2/c1-13(15)8-6-11(7-9-13)10-2-4-12(14)5-3-10/h2-8H,9,14-15H2,1H3. The summed E-state index contributed by atoms with van der Waals surface area (Å²) in [4.78, 5) is 0. The second kappa shape index (κ2) is 3.55. The molecule has 1 aromatic carbocycles. The number of nitrogens with two attached hydrogens (primary N) is 2. The molecule has 1 aliphatic carbocycles. The minimum atomic E-state index is -0.197. The van der Waals surface area contributed by atoms with Gasteiger partial charge >= 0.3 is 0 Å². The molecule has 2 nitrogen and oxygen atoms in total. The number of hydrogen-bond acceptors (Lipinski definition) is 2. The van der Waals surface area contributed by atoms with Crippen LogP contribution in [0.15, 0.2) is 42.5 Å². The Kier molecular flexibility index (Phi) is 2.37. The Hall–Kier alpha value is -1.54. The number of nitrogen functional groups attached to an aromatic ring is 1. The third-order valence-corrected chi connectivity index (χ3v) is 2.65. The molecule has 1 atom stereocenters. The van der Waals surface area contributed by atoms with Crippen LogP contribution >= 0.6 is 0 Å². The summed E-state index contributed by atoms with van der Waals surface area (Å²) < 4.78 is 0. The van der Waals surface area contributed by atoms with Crippen LogP contribution in [0.3, 0.4) is 0 Å². The fourth-order valence-electron chi connectivity index (χ4n) is 1.64. The van der Waals surface area contributed by atoms with Gasteiger partial charge in [-0.1, -0.05) is 30.4 Å². The maximum atomic E-state index is 5.99. The SMILES string of the molecule is CC1(N)C=CC(c2ccc(N)cc2)=CC1. The summed E-state index contributed by atoms with van der Waals surface area (Å²) in [6, 6.07) is 7.90. The Morgan fingerprint density at radius 2 is 1.87 bits per heavy atom. The molecule has 1 aliphatic rings. The van der Waals surface area contributed by atoms with Crippen molar-refractivity contribution in [2.24, 2.45) is 5.73 Å². The summed E-state index contributed by atoms with van der Waals surface area (Å²) in [7, 11) is 0. The lowest BCUT2D eigenvalue weighted by Crippen LogP contribution is -2.33. The van der Waals surface area contributed by atoms with Crippen molar-refractivity contribution in [3.8, 4) is 0 Å². The second-order valence-electron chi connectivity index (χ2n) is 4.32. The number of benzene rings is 1. The summed E-state index contributed by atoms with van der Waals surface area (Å²) in [6.45, 7) is 2.03. The molecule has 1 unspecified atom stereocenters. The van der Waals surface area contributed by atoms with Crippen molar-refractivity contribution in [3.05, 3.63) is 48.1 Å². The molecule has 0 heterocycles. The molecule has 0 saturated carbocycles. The van der Waals surface area contributed by atoms with Crippen LogP contribution in [0.5, 0.6) is 0 Å². The van der Waals surface area contributed by atoms with E-state index in [1.165, 1.54) is 11.1 Å². The van der Waals surface area contributed by atoms with E-state index in [1.807, 2.05) is 31.2 Å². The van der Waals surface area contributed by atoms with Gasteiger partial charge in [-0.2, -0.15) is 0 Å². The van der Waals surface area contributed by atoms with E-state index in [4.69, 9.17) is 11.5 Å². The fourth-order valence-corrected chi connectivity index (χ4v) is 1.64. The van der Waals surface area contributed by atoms with Crippen LogP contribution in [-0.2, 0) is 0 Å². The van der Waals surface area contributed by atoms with E-state index in [1.54, 1.807) is 0 Å². The zero-order valence-electron chi connectivity index (χ0n) is 8.90. The molecule has 0 radical (unpaired) electrons. The predicted octanol–water partition coefficient (Wildman–Crippen LogP) is 2.33. The van der Waals surface area contributed by atoms with Crippen LogP contribution in [0.1, 0.15) is 18.9 Å².